The number of carbonyl (C=O) groups is 1. The molecule has 5 nitrogen and oxygen atoms in total. The number of hydrogen-bond acceptors (Lipinski definition) is 4. The van der Waals surface area contributed by atoms with Crippen LogP contribution in [0.4, 0.5) is 14.6 Å². The zero-order valence-electron chi connectivity index (χ0n) is 13.3. The van der Waals surface area contributed by atoms with Gasteiger partial charge in [-0.1, -0.05) is 12.1 Å². The van der Waals surface area contributed by atoms with E-state index < -0.39 is 17.5 Å². The minimum Gasteiger partial charge on any atom is -0.305 e. The summed E-state index contributed by atoms with van der Waals surface area (Å²) in [4.78, 5) is 16.2. The minimum atomic E-state index is -0.881. The van der Waals surface area contributed by atoms with E-state index in [1.807, 2.05) is 0 Å². The number of carbonyl (C=O) groups excluding carboxylic acids is 1. The Hall–Kier alpha value is -3.22. The van der Waals surface area contributed by atoms with Gasteiger partial charge in [0.1, 0.15) is 5.82 Å². The second-order valence-electron chi connectivity index (χ2n) is 5.49. The predicted molar refractivity (Wildman–Crippen MR) is 88.1 cm³/mol. The van der Waals surface area contributed by atoms with E-state index in [4.69, 9.17) is 0 Å². The van der Waals surface area contributed by atoms with Crippen molar-refractivity contribution in [2.45, 2.75) is 13.3 Å². The maximum absolute atomic E-state index is 13.2. The maximum atomic E-state index is 13.2. The van der Waals surface area contributed by atoms with Gasteiger partial charge in [-0.15, -0.1) is 5.10 Å². The van der Waals surface area contributed by atoms with Crippen LogP contribution in [0.1, 0.15) is 27.3 Å². The van der Waals surface area contributed by atoms with Crippen LogP contribution in [-0.2, 0) is 6.42 Å². The fraction of sp³-hybridized carbons (Fsp3) is 0.111. The van der Waals surface area contributed by atoms with Crippen LogP contribution in [0.2, 0.25) is 0 Å². The van der Waals surface area contributed by atoms with Crippen LogP contribution < -0.4 is 5.32 Å². The Morgan fingerprint density at radius 3 is 2.44 bits per heavy atom. The molecule has 0 saturated heterocycles. The number of hydrogen-bond donors (Lipinski definition) is 1. The van der Waals surface area contributed by atoms with Gasteiger partial charge in [0.15, 0.2) is 17.3 Å². The molecule has 0 radical (unpaired) electrons. The monoisotopic (exact) mass is 340 g/mol. The molecule has 1 aromatic carbocycles. The van der Waals surface area contributed by atoms with Gasteiger partial charge >= 0.3 is 0 Å². The number of anilines is 1. The summed E-state index contributed by atoms with van der Waals surface area (Å²) in [5.41, 5.74) is 2.35. The summed E-state index contributed by atoms with van der Waals surface area (Å²) in [5, 5.41) is 10.3. The average molecular weight is 340 g/mol. The SMILES string of the molecule is Cc1ccc(C(=O)Nc2ccc(Cc3ccc(F)c(F)c3)cn2)nn1. The van der Waals surface area contributed by atoms with Crippen LogP contribution in [0, 0.1) is 18.6 Å². The molecular formula is C18H14F2N4O. The van der Waals surface area contributed by atoms with E-state index in [-0.39, 0.29) is 5.69 Å². The highest BCUT2D eigenvalue weighted by molar-refractivity contribution is 6.02. The van der Waals surface area contributed by atoms with Gasteiger partial charge in [0.05, 0.1) is 5.69 Å². The molecular weight excluding hydrogens is 326 g/mol. The molecule has 2 aromatic heterocycles. The number of pyridine rings is 1. The highest BCUT2D eigenvalue weighted by Crippen LogP contribution is 2.14. The van der Waals surface area contributed by atoms with E-state index in [0.29, 0.717) is 17.8 Å². The molecule has 0 spiro atoms. The van der Waals surface area contributed by atoms with Crippen LogP contribution in [0.5, 0.6) is 0 Å². The molecule has 0 atom stereocenters. The zero-order valence-corrected chi connectivity index (χ0v) is 13.3. The van der Waals surface area contributed by atoms with Gasteiger partial charge in [0, 0.05) is 6.20 Å². The molecule has 0 aliphatic rings. The smallest absolute Gasteiger partial charge is 0.277 e. The molecule has 1 amide bonds. The molecule has 3 aromatic rings. The number of rotatable bonds is 4. The van der Waals surface area contributed by atoms with E-state index in [9.17, 15) is 13.6 Å². The Kier molecular flexibility index (Phi) is 4.74. The van der Waals surface area contributed by atoms with Crippen LogP contribution in [0.3, 0.4) is 0 Å². The van der Waals surface area contributed by atoms with Gasteiger partial charge in [-0.05, 0) is 54.8 Å². The molecule has 0 fully saturated rings. The molecule has 0 aliphatic heterocycles. The molecule has 7 heteroatoms. The number of halogens is 2. The number of aryl methyl sites for hydroxylation is 1. The van der Waals surface area contributed by atoms with E-state index in [0.717, 1.165) is 23.4 Å². The molecule has 126 valence electrons. The lowest BCUT2D eigenvalue weighted by Gasteiger charge is -2.06. The summed E-state index contributed by atoms with van der Waals surface area (Å²) in [6, 6.07) is 10.4. The number of benzene rings is 1. The highest BCUT2D eigenvalue weighted by Gasteiger charge is 2.09. The first-order chi connectivity index (χ1) is 12.0. The lowest BCUT2D eigenvalue weighted by atomic mass is 10.1. The van der Waals surface area contributed by atoms with Gasteiger partial charge in [0.2, 0.25) is 0 Å². The first-order valence-electron chi connectivity index (χ1n) is 7.52. The summed E-state index contributed by atoms with van der Waals surface area (Å²) in [6.45, 7) is 1.78. The molecule has 2 heterocycles. The van der Waals surface area contributed by atoms with Gasteiger partial charge in [-0.25, -0.2) is 13.8 Å². The predicted octanol–water partition coefficient (Wildman–Crippen LogP) is 3.30. The summed E-state index contributed by atoms with van der Waals surface area (Å²) in [7, 11) is 0. The lowest BCUT2D eigenvalue weighted by molar-refractivity contribution is 0.102. The Morgan fingerprint density at radius 1 is 1.00 bits per heavy atom. The number of amides is 1. The Morgan fingerprint density at radius 2 is 1.80 bits per heavy atom. The summed E-state index contributed by atoms with van der Waals surface area (Å²) >= 11 is 0. The van der Waals surface area contributed by atoms with Crippen molar-refractivity contribution < 1.29 is 13.6 Å². The van der Waals surface area contributed by atoms with E-state index in [1.165, 1.54) is 6.07 Å². The summed E-state index contributed by atoms with van der Waals surface area (Å²) in [5.74, 6) is -1.80. The molecule has 3 rings (SSSR count). The molecule has 0 saturated carbocycles. The Bertz CT molecular complexity index is 896. The number of nitrogens with zero attached hydrogens (tertiary/aromatic N) is 3. The fourth-order valence-electron chi connectivity index (χ4n) is 2.19. The van der Waals surface area contributed by atoms with Gasteiger partial charge in [-0.2, -0.15) is 5.10 Å². The van der Waals surface area contributed by atoms with E-state index in [1.54, 1.807) is 37.4 Å². The van der Waals surface area contributed by atoms with Crippen molar-refractivity contribution >= 4 is 11.7 Å². The van der Waals surface area contributed by atoms with Crippen LogP contribution in [-0.4, -0.2) is 21.1 Å². The topological polar surface area (TPSA) is 67.8 Å². The Balaban J connectivity index is 1.66. The van der Waals surface area contributed by atoms with Crippen LogP contribution in [0.25, 0.3) is 0 Å². The van der Waals surface area contributed by atoms with Crippen LogP contribution >= 0.6 is 0 Å². The third-order valence-corrected chi connectivity index (χ3v) is 3.49. The fourth-order valence-corrected chi connectivity index (χ4v) is 2.19. The average Bonchev–Trinajstić information content (AvgIpc) is 2.60. The third-order valence-electron chi connectivity index (χ3n) is 3.49. The van der Waals surface area contributed by atoms with E-state index >= 15 is 0 Å². The molecule has 1 N–H and O–H groups in total. The first kappa shape index (κ1) is 16.6. The van der Waals surface area contributed by atoms with Crippen molar-refractivity contribution in [3.63, 3.8) is 0 Å². The van der Waals surface area contributed by atoms with Crippen molar-refractivity contribution in [3.05, 3.63) is 82.8 Å². The van der Waals surface area contributed by atoms with Crippen molar-refractivity contribution in [2.75, 3.05) is 5.32 Å². The second-order valence-corrected chi connectivity index (χ2v) is 5.49. The van der Waals surface area contributed by atoms with Gasteiger partial charge < -0.3 is 5.32 Å². The van der Waals surface area contributed by atoms with Gasteiger partial charge in [-0.3, -0.25) is 4.79 Å². The first-order valence-corrected chi connectivity index (χ1v) is 7.52. The minimum absolute atomic E-state index is 0.193. The number of aromatic nitrogens is 3. The summed E-state index contributed by atoms with van der Waals surface area (Å²) in [6.07, 6.45) is 1.97. The number of nitrogens with one attached hydrogen (secondary N) is 1. The normalized spacial score (nSPS) is 10.5. The van der Waals surface area contributed by atoms with E-state index in [2.05, 4.69) is 20.5 Å². The maximum Gasteiger partial charge on any atom is 0.277 e. The van der Waals surface area contributed by atoms with Crippen molar-refractivity contribution in [1.29, 1.82) is 0 Å². The quantitative estimate of drug-likeness (QED) is 0.791. The Labute approximate surface area is 142 Å². The lowest BCUT2D eigenvalue weighted by Crippen LogP contribution is -2.15. The largest absolute Gasteiger partial charge is 0.305 e. The van der Waals surface area contributed by atoms with Crippen molar-refractivity contribution in [3.8, 4) is 0 Å². The zero-order chi connectivity index (χ0) is 17.8. The van der Waals surface area contributed by atoms with Crippen molar-refractivity contribution in [1.82, 2.24) is 15.2 Å². The molecule has 25 heavy (non-hydrogen) atoms. The van der Waals surface area contributed by atoms with Crippen LogP contribution in [0.15, 0.2) is 48.7 Å². The molecule has 0 bridgehead atoms. The standard InChI is InChI=1S/C18H14F2N4O/c1-11-2-6-16(24-23-11)18(25)22-17-7-4-13(10-21-17)8-12-3-5-14(19)15(20)9-12/h2-7,9-10H,8H2,1H3,(H,21,22,25). The summed E-state index contributed by atoms with van der Waals surface area (Å²) < 4.78 is 26.2. The van der Waals surface area contributed by atoms with Gasteiger partial charge in [0.25, 0.3) is 5.91 Å². The van der Waals surface area contributed by atoms with Crippen molar-refractivity contribution in [2.24, 2.45) is 0 Å². The highest BCUT2D eigenvalue weighted by atomic mass is 19.2. The molecule has 0 unspecified atom stereocenters. The second kappa shape index (κ2) is 7.12. The molecule has 0 aliphatic carbocycles. The third kappa shape index (κ3) is 4.20.